The Bertz CT molecular complexity index is 793. The van der Waals surface area contributed by atoms with Crippen molar-refractivity contribution in [1.29, 1.82) is 0 Å². The predicted molar refractivity (Wildman–Crippen MR) is 105 cm³/mol. The van der Waals surface area contributed by atoms with Gasteiger partial charge in [0.1, 0.15) is 5.82 Å². The second-order valence-corrected chi connectivity index (χ2v) is 7.49. The van der Waals surface area contributed by atoms with Gasteiger partial charge in [-0.15, -0.1) is 0 Å². The van der Waals surface area contributed by atoms with Crippen molar-refractivity contribution in [3.8, 4) is 0 Å². The fraction of sp³-hybridized carbons (Fsp3) is 0.476. The summed E-state index contributed by atoms with van der Waals surface area (Å²) >= 11 is 0. The molecule has 3 heterocycles. The average molecular weight is 370 g/mol. The summed E-state index contributed by atoms with van der Waals surface area (Å²) in [5, 5.41) is 0. The van der Waals surface area contributed by atoms with Gasteiger partial charge in [-0.05, 0) is 43.2 Å². The Morgan fingerprint density at radius 1 is 0.963 bits per heavy atom. The van der Waals surface area contributed by atoms with E-state index in [1.165, 1.54) is 12.1 Å². The molecule has 0 unspecified atom stereocenters. The molecule has 0 saturated carbocycles. The van der Waals surface area contributed by atoms with Gasteiger partial charge in [0.2, 0.25) is 0 Å². The van der Waals surface area contributed by atoms with Gasteiger partial charge in [-0.3, -0.25) is 9.69 Å². The molecule has 2 aliphatic heterocycles. The van der Waals surface area contributed by atoms with Gasteiger partial charge < -0.3 is 14.4 Å². The Balaban J connectivity index is 1.30. The third-order valence-corrected chi connectivity index (χ3v) is 5.81. The molecule has 1 aromatic carbocycles. The Hall–Kier alpha value is -2.34. The highest BCUT2D eigenvalue weighted by Gasteiger charge is 2.25. The van der Waals surface area contributed by atoms with E-state index in [1.54, 1.807) is 0 Å². The van der Waals surface area contributed by atoms with Crippen LogP contribution in [-0.2, 0) is 13.5 Å². The fourth-order valence-corrected chi connectivity index (χ4v) is 4.13. The summed E-state index contributed by atoms with van der Waals surface area (Å²) in [7, 11) is 2.02. The van der Waals surface area contributed by atoms with Crippen LogP contribution in [0.3, 0.4) is 0 Å². The van der Waals surface area contributed by atoms with Gasteiger partial charge in [-0.2, -0.15) is 0 Å². The highest BCUT2D eigenvalue weighted by molar-refractivity contribution is 5.95. The minimum Gasteiger partial charge on any atom is -0.369 e. The van der Waals surface area contributed by atoms with Crippen molar-refractivity contribution in [3.63, 3.8) is 0 Å². The Labute approximate surface area is 160 Å². The number of hydrogen-bond acceptors (Lipinski definition) is 3. The summed E-state index contributed by atoms with van der Waals surface area (Å²) < 4.78 is 15.2. The van der Waals surface area contributed by atoms with E-state index in [0.29, 0.717) is 0 Å². The molecular weight excluding hydrogens is 343 g/mol. The molecule has 5 nitrogen and oxygen atoms in total. The third kappa shape index (κ3) is 3.86. The molecule has 2 aliphatic rings. The molecule has 4 rings (SSSR count). The molecule has 6 heteroatoms. The molecule has 1 amide bonds. The van der Waals surface area contributed by atoms with E-state index < -0.39 is 0 Å². The van der Waals surface area contributed by atoms with Crippen LogP contribution in [0.2, 0.25) is 0 Å². The molecule has 1 fully saturated rings. The van der Waals surface area contributed by atoms with Crippen molar-refractivity contribution >= 4 is 11.6 Å². The van der Waals surface area contributed by atoms with Crippen molar-refractivity contribution in [2.24, 2.45) is 7.05 Å². The molecule has 144 valence electrons. The number of carbonyl (C=O) groups excluding carboxylic acids is 1. The monoisotopic (exact) mass is 370 g/mol. The van der Waals surface area contributed by atoms with Crippen molar-refractivity contribution < 1.29 is 9.18 Å². The maximum Gasteiger partial charge on any atom is 0.255 e. The van der Waals surface area contributed by atoms with Crippen LogP contribution in [0.25, 0.3) is 0 Å². The minimum absolute atomic E-state index is 0.174. The second-order valence-electron chi connectivity index (χ2n) is 7.49. The van der Waals surface area contributed by atoms with Gasteiger partial charge in [-0.1, -0.05) is 0 Å². The molecule has 27 heavy (non-hydrogen) atoms. The summed E-state index contributed by atoms with van der Waals surface area (Å²) in [6.07, 6.45) is 3.98. The van der Waals surface area contributed by atoms with Gasteiger partial charge in [0.25, 0.3) is 5.91 Å². The molecule has 1 saturated heterocycles. The number of fused-ring (bicyclic) bond motifs is 1. The summed E-state index contributed by atoms with van der Waals surface area (Å²) in [6.45, 7) is 6.33. The molecule has 0 aliphatic carbocycles. The van der Waals surface area contributed by atoms with E-state index in [2.05, 4.69) is 14.4 Å². The fourth-order valence-electron chi connectivity index (χ4n) is 4.13. The molecule has 2 aromatic rings. The van der Waals surface area contributed by atoms with Gasteiger partial charge >= 0.3 is 0 Å². The van der Waals surface area contributed by atoms with Crippen LogP contribution >= 0.6 is 0 Å². The normalized spacial score (nSPS) is 18.5. The number of piperazine rings is 1. The zero-order valence-electron chi connectivity index (χ0n) is 15.9. The first-order valence-corrected chi connectivity index (χ1v) is 9.78. The summed E-state index contributed by atoms with van der Waals surface area (Å²) in [5.41, 5.74) is 3.11. The predicted octanol–water partition coefficient (Wildman–Crippen LogP) is 2.37. The topological polar surface area (TPSA) is 31.7 Å². The van der Waals surface area contributed by atoms with E-state index >= 15 is 0 Å². The highest BCUT2D eigenvalue weighted by atomic mass is 19.1. The number of rotatable bonds is 4. The van der Waals surface area contributed by atoms with Gasteiger partial charge in [-0.25, -0.2) is 4.39 Å². The molecule has 0 bridgehead atoms. The lowest BCUT2D eigenvalue weighted by atomic mass is 10.2. The minimum atomic E-state index is -0.193. The van der Waals surface area contributed by atoms with E-state index in [1.807, 2.05) is 36.3 Å². The van der Waals surface area contributed by atoms with Crippen LogP contribution in [-0.4, -0.2) is 66.1 Å². The number of aromatic nitrogens is 1. The van der Waals surface area contributed by atoms with Crippen LogP contribution in [0.1, 0.15) is 22.5 Å². The number of benzene rings is 1. The van der Waals surface area contributed by atoms with Crippen LogP contribution in [0.15, 0.2) is 36.5 Å². The van der Waals surface area contributed by atoms with Crippen molar-refractivity contribution in [1.82, 2.24) is 14.4 Å². The van der Waals surface area contributed by atoms with Crippen LogP contribution in [0.4, 0.5) is 10.1 Å². The lowest BCUT2D eigenvalue weighted by Gasteiger charge is -2.37. The number of carbonyl (C=O) groups is 1. The Morgan fingerprint density at radius 3 is 2.44 bits per heavy atom. The van der Waals surface area contributed by atoms with Crippen LogP contribution in [0, 0.1) is 5.82 Å². The smallest absolute Gasteiger partial charge is 0.255 e. The second kappa shape index (κ2) is 7.72. The summed E-state index contributed by atoms with van der Waals surface area (Å²) in [6, 6.07) is 8.68. The SMILES string of the molecule is Cn1ccc2c1CCCN(CCN1CCN(c3ccc(F)cc3)CC1)C2=O. The van der Waals surface area contributed by atoms with Crippen LogP contribution < -0.4 is 4.90 Å². The maximum absolute atomic E-state index is 13.1. The molecule has 1 aromatic heterocycles. The van der Waals surface area contributed by atoms with Crippen molar-refractivity contribution in [2.75, 3.05) is 50.7 Å². The van der Waals surface area contributed by atoms with E-state index in [9.17, 15) is 9.18 Å². The lowest BCUT2D eigenvalue weighted by Crippen LogP contribution is -2.49. The zero-order chi connectivity index (χ0) is 18.8. The maximum atomic E-state index is 13.1. The standard InChI is InChI=1S/C21H27FN4O/c1-23-10-8-19-20(23)3-2-9-26(21(19)27)16-13-24-11-14-25(15-12-24)18-6-4-17(22)5-7-18/h4-8,10H,2-3,9,11-16H2,1H3. The molecule has 0 spiro atoms. The number of halogens is 1. The average Bonchev–Trinajstić information content (AvgIpc) is 2.97. The quantitative estimate of drug-likeness (QED) is 0.828. The molecular formula is C21H27FN4O. The van der Waals surface area contributed by atoms with Gasteiger partial charge in [0, 0.05) is 70.4 Å². The van der Waals surface area contributed by atoms with Crippen molar-refractivity contribution in [3.05, 3.63) is 53.6 Å². The van der Waals surface area contributed by atoms with E-state index in [-0.39, 0.29) is 11.7 Å². The Kier molecular flexibility index (Phi) is 5.16. The van der Waals surface area contributed by atoms with Gasteiger partial charge in [0.15, 0.2) is 0 Å². The first-order chi connectivity index (χ1) is 13.1. The summed E-state index contributed by atoms with van der Waals surface area (Å²) in [5.74, 6) is -0.0193. The Morgan fingerprint density at radius 2 is 1.70 bits per heavy atom. The molecule has 0 atom stereocenters. The highest BCUT2D eigenvalue weighted by Crippen LogP contribution is 2.20. The van der Waals surface area contributed by atoms with E-state index in [0.717, 1.165) is 75.6 Å². The van der Waals surface area contributed by atoms with E-state index in [4.69, 9.17) is 0 Å². The van der Waals surface area contributed by atoms with Gasteiger partial charge in [0.05, 0.1) is 5.56 Å². The molecule has 0 radical (unpaired) electrons. The first-order valence-electron chi connectivity index (χ1n) is 9.78. The van der Waals surface area contributed by atoms with Crippen LogP contribution in [0.5, 0.6) is 0 Å². The van der Waals surface area contributed by atoms with Crippen molar-refractivity contribution in [2.45, 2.75) is 12.8 Å². The largest absolute Gasteiger partial charge is 0.369 e. The summed E-state index contributed by atoms with van der Waals surface area (Å²) in [4.78, 5) is 19.6. The number of hydrogen-bond donors (Lipinski definition) is 0. The zero-order valence-corrected chi connectivity index (χ0v) is 15.9. The number of anilines is 1. The first kappa shape index (κ1) is 18.0. The number of aryl methyl sites for hydroxylation is 1. The lowest BCUT2D eigenvalue weighted by molar-refractivity contribution is 0.0739. The number of nitrogens with zero attached hydrogens (tertiary/aromatic N) is 4. The number of amides is 1. The molecule has 0 N–H and O–H groups in total. The third-order valence-electron chi connectivity index (χ3n) is 5.81.